The summed E-state index contributed by atoms with van der Waals surface area (Å²) in [5.41, 5.74) is 2.65. The molecular formula is C11H19NO2. The maximum absolute atomic E-state index is 9.62. The van der Waals surface area contributed by atoms with Crippen molar-refractivity contribution in [1.82, 2.24) is 0 Å². The second-order valence-electron chi connectivity index (χ2n) is 3.36. The van der Waals surface area contributed by atoms with Gasteiger partial charge in [0.25, 0.3) is 0 Å². The van der Waals surface area contributed by atoms with Crippen molar-refractivity contribution in [1.29, 1.82) is 0 Å². The van der Waals surface area contributed by atoms with Crippen LogP contribution >= 0.6 is 0 Å². The largest absolute Gasteiger partial charge is 0.360 e. The smallest absolute Gasteiger partial charge is 0.155 e. The topological polar surface area (TPSA) is 38.7 Å². The zero-order chi connectivity index (χ0) is 10.8. The monoisotopic (exact) mass is 197 g/mol. The highest BCUT2D eigenvalue weighted by Crippen LogP contribution is 2.08. The van der Waals surface area contributed by atoms with Crippen LogP contribution in [-0.2, 0) is 4.84 Å². The molecule has 0 unspecified atom stereocenters. The molecule has 80 valence electrons. The highest BCUT2D eigenvalue weighted by molar-refractivity contribution is 5.03. The van der Waals surface area contributed by atoms with Crippen LogP contribution in [0, 0.1) is 4.91 Å². The van der Waals surface area contributed by atoms with Gasteiger partial charge in [-0.15, -0.1) is 4.91 Å². The van der Waals surface area contributed by atoms with Crippen molar-refractivity contribution in [3.05, 3.63) is 28.2 Å². The number of allylic oxidation sites excluding steroid dienone is 3. The Morgan fingerprint density at radius 2 is 2.00 bits per heavy atom. The molecule has 0 aromatic carbocycles. The lowest BCUT2D eigenvalue weighted by Gasteiger charge is -1.98. The van der Waals surface area contributed by atoms with E-state index in [-0.39, 0.29) is 6.61 Å². The van der Waals surface area contributed by atoms with Gasteiger partial charge >= 0.3 is 0 Å². The third-order valence-electron chi connectivity index (χ3n) is 2.15. The number of hydrogen-bond acceptors (Lipinski definition) is 3. The summed E-state index contributed by atoms with van der Waals surface area (Å²) in [5, 5.41) is 2.32. The van der Waals surface area contributed by atoms with E-state index in [2.05, 4.69) is 30.1 Å². The normalized spacial score (nSPS) is 12.8. The molecule has 0 amide bonds. The maximum atomic E-state index is 9.62. The van der Waals surface area contributed by atoms with E-state index in [4.69, 9.17) is 0 Å². The lowest BCUT2D eigenvalue weighted by molar-refractivity contribution is 0.169. The fourth-order valence-corrected chi connectivity index (χ4v) is 1.00. The van der Waals surface area contributed by atoms with Crippen molar-refractivity contribution >= 4 is 0 Å². The first-order chi connectivity index (χ1) is 6.70. The van der Waals surface area contributed by atoms with E-state index in [0.29, 0.717) is 0 Å². The molecular weight excluding hydrogens is 178 g/mol. The second-order valence-corrected chi connectivity index (χ2v) is 3.36. The van der Waals surface area contributed by atoms with Gasteiger partial charge in [0, 0.05) is 0 Å². The van der Waals surface area contributed by atoms with Gasteiger partial charge in [-0.1, -0.05) is 24.1 Å². The van der Waals surface area contributed by atoms with Crippen LogP contribution in [0.15, 0.2) is 28.6 Å². The van der Waals surface area contributed by atoms with Crippen molar-refractivity contribution in [2.75, 3.05) is 6.61 Å². The van der Waals surface area contributed by atoms with Gasteiger partial charge in [-0.05, 0) is 39.2 Å². The van der Waals surface area contributed by atoms with Crippen LogP contribution in [0.1, 0.15) is 40.0 Å². The summed E-state index contributed by atoms with van der Waals surface area (Å²) in [6.07, 6.45) is 7.31. The van der Waals surface area contributed by atoms with E-state index in [9.17, 15) is 4.91 Å². The Morgan fingerprint density at radius 3 is 2.57 bits per heavy atom. The molecule has 0 aliphatic heterocycles. The third kappa shape index (κ3) is 7.53. The lowest BCUT2D eigenvalue weighted by Crippen LogP contribution is -1.84. The van der Waals surface area contributed by atoms with Crippen LogP contribution in [0.2, 0.25) is 0 Å². The molecule has 3 nitrogen and oxygen atoms in total. The first-order valence-electron chi connectivity index (χ1n) is 4.96. The average molecular weight is 197 g/mol. The van der Waals surface area contributed by atoms with Gasteiger partial charge in [-0.2, -0.15) is 0 Å². The molecule has 0 saturated carbocycles. The second kappa shape index (κ2) is 8.48. The molecule has 0 aromatic heterocycles. The van der Waals surface area contributed by atoms with Gasteiger partial charge in [0.2, 0.25) is 0 Å². The molecule has 0 aliphatic rings. The number of nitrogens with zero attached hydrogens (tertiary/aromatic N) is 1. The molecule has 0 fully saturated rings. The summed E-state index contributed by atoms with van der Waals surface area (Å²) in [4.78, 5) is 13.9. The molecule has 0 rings (SSSR count). The van der Waals surface area contributed by atoms with E-state index in [1.165, 1.54) is 11.1 Å². The van der Waals surface area contributed by atoms with Crippen molar-refractivity contribution in [2.24, 2.45) is 5.34 Å². The predicted molar refractivity (Wildman–Crippen MR) is 58.8 cm³/mol. The maximum Gasteiger partial charge on any atom is 0.155 e. The number of hydrogen-bond donors (Lipinski definition) is 0. The van der Waals surface area contributed by atoms with E-state index in [0.717, 1.165) is 19.3 Å². The SMILES string of the molecule is CC/C(C)=C/CC/C(C)=C/CON=O. The van der Waals surface area contributed by atoms with E-state index in [1.54, 1.807) is 0 Å². The quantitative estimate of drug-likeness (QED) is 0.270. The summed E-state index contributed by atoms with van der Waals surface area (Å²) < 4.78 is 0. The van der Waals surface area contributed by atoms with Crippen molar-refractivity contribution in [3.63, 3.8) is 0 Å². The van der Waals surface area contributed by atoms with Crippen LogP contribution in [-0.4, -0.2) is 6.61 Å². The van der Waals surface area contributed by atoms with Crippen LogP contribution < -0.4 is 0 Å². The lowest BCUT2D eigenvalue weighted by atomic mass is 10.1. The highest BCUT2D eigenvalue weighted by atomic mass is 16.7. The Labute approximate surface area is 85.8 Å². The van der Waals surface area contributed by atoms with Crippen LogP contribution in [0.3, 0.4) is 0 Å². The minimum atomic E-state index is 0.284. The van der Waals surface area contributed by atoms with Gasteiger partial charge in [0.1, 0.15) is 6.61 Å². The first-order valence-corrected chi connectivity index (χ1v) is 4.96. The Morgan fingerprint density at radius 1 is 1.29 bits per heavy atom. The summed E-state index contributed by atoms with van der Waals surface area (Å²) in [6.45, 7) is 6.60. The fraction of sp³-hybridized carbons (Fsp3) is 0.636. The Bertz CT molecular complexity index is 219. The Balaban J connectivity index is 3.67. The van der Waals surface area contributed by atoms with Gasteiger partial charge in [-0.25, -0.2) is 0 Å². The summed E-state index contributed by atoms with van der Waals surface area (Å²) in [5.74, 6) is 0. The molecule has 0 saturated heterocycles. The molecule has 14 heavy (non-hydrogen) atoms. The molecule has 0 atom stereocenters. The summed E-state index contributed by atoms with van der Waals surface area (Å²) in [6, 6.07) is 0. The standard InChI is InChI=1S/C11H19NO2/c1-4-10(2)6-5-7-11(3)8-9-14-12-13/h6,8H,4-5,7,9H2,1-3H3/b10-6+,11-8+. The zero-order valence-corrected chi connectivity index (χ0v) is 9.25. The van der Waals surface area contributed by atoms with Crippen molar-refractivity contribution < 1.29 is 4.84 Å². The summed E-state index contributed by atoms with van der Waals surface area (Å²) in [7, 11) is 0. The van der Waals surface area contributed by atoms with E-state index < -0.39 is 0 Å². The van der Waals surface area contributed by atoms with Gasteiger partial charge in [0.05, 0.1) is 0 Å². The molecule has 0 aliphatic carbocycles. The van der Waals surface area contributed by atoms with Gasteiger partial charge < -0.3 is 4.84 Å². The van der Waals surface area contributed by atoms with Gasteiger partial charge in [0.15, 0.2) is 5.34 Å². The molecule has 0 bridgehead atoms. The number of rotatable bonds is 7. The predicted octanol–water partition coefficient (Wildman–Crippen LogP) is 3.77. The minimum absolute atomic E-state index is 0.284. The van der Waals surface area contributed by atoms with E-state index in [1.807, 2.05) is 13.0 Å². The molecule has 0 heterocycles. The van der Waals surface area contributed by atoms with Crippen molar-refractivity contribution in [2.45, 2.75) is 40.0 Å². The van der Waals surface area contributed by atoms with Crippen LogP contribution in [0.4, 0.5) is 0 Å². The van der Waals surface area contributed by atoms with E-state index >= 15 is 0 Å². The Kier molecular flexibility index (Phi) is 7.80. The van der Waals surface area contributed by atoms with Crippen molar-refractivity contribution in [3.8, 4) is 0 Å². The third-order valence-corrected chi connectivity index (χ3v) is 2.15. The minimum Gasteiger partial charge on any atom is -0.360 e. The summed E-state index contributed by atoms with van der Waals surface area (Å²) >= 11 is 0. The molecule has 0 aromatic rings. The zero-order valence-electron chi connectivity index (χ0n) is 9.25. The first kappa shape index (κ1) is 12.9. The van der Waals surface area contributed by atoms with Gasteiger partial charge in [-0.3, -0.25) is 0 Å². The average Bonchev–Trinajstić information content (AvgIpc) is 2.18. The Hall–Kier alpha value is -1.12. The molecule has 3 heteroatoms. The van der Waals surface area contributed by atoms with Crippen LogP contribution in [0.25, 0.3) is 0 Å². The van der Waals surface area contributed by atoms with Crippen LogP contribution in [0.5, 0.6) is 0 Å². The molecule has 0 N–H and O–H groups in total. The fourth-order valence-electron chi connectivity index (χ4n) is 1.00. The molecule has 0 radical (unpaired) electrons. The highest BCUT2D eigenvalue weighted by Gasteiger charge is 1.90. The molecule has 0 spiro atoms.